The highest BCUT2D eigenvalue weighted by Crippen LogP contribution is 2.39. The van der Waals surface area contributed by atoms with E-state index in [1.807, 2.05) is 12.1 Å². The van der Waals surface area contributed by atoms with E-state index in [0.29, 0.717) is 17.5 Å². The van der Waals surface area contributed by atoms with E-state index < -0.39 is 0 Å². The first-order valence-electron chi connectivity index (χ1n) is 21.1. The molecule has 5 heteroatoms. The van der Waals surface area contributed by atoms with Crippen LogP contribution in [0, 0.1) is 0 Å². The molecule has 10 aromatic carbocycles. The van der Waals surface area contributed by atoms with Crippen LogP contribution in [-0.2, 0) is 0 Å². The lowest BCUT2D eigenvalue weighted by atomic mass is 9.94. The lowest BCUT2D eigenvalue weighted by Crippen LogP contribution is -2.01. The van der Waals surface area contributed by atoms with Crippen molar-refractivity contribution in [2.24, 2.45) is 0 Å². The van der Waals surface area contributed by atoms with Gasteiger partial charge in [0.05, 0.1) is 10.2 Å². The van der Waals surface area contributed by atoms with Crippen LogP contribution in [0.25, 0.3) is 121 Å². The number of benzene rings is 10. The first-order chi connectivity index (χ1) is 31.2. The van der Waals surface area contributed by atoms with Crippen LogP contribution in [0.3, 0.4) is 0 Å². The molecule has 0 fully saturated rings. The summed E-state index contributed by atoms with van der Waals surface area (Å²) in [6.45, 7) is 0. The van der Waals surface area contributed by atoms with Gasteiger partial charge in [-0.05, 0) is 114 Å². The van der Waals surface area contributed by atoms with Gasteiger partial charge in [0.2, 0.25) is 0 Å². The fourth-order valence-corrected chi connectivity index (χ4v) is 9.77. The number of hydrogen-bond donors (Lipinski definition) is 0. The minimum absolute atomic E-state index is 0.609. The molecule has 0 radical (unpaired) electrons. The van der Waals surface area contributed by atoms with E-state index in [9.17, 15) is 0 Å². The Morgan fingerprint density at radius 1 is 0.270 bits per heavy atom. The number of rotatable bonds is 7. The molecule has 63 heavy (non-hydrogen) atoms. The third-order valence-corrected chi connectivity index (χ3v) is 13.0. The number of aromatic nitrogens is 4. The topological polar surface area (TPSA) is 51.6 Å². The summed E-state index contributed by atoms with van der Waals surface area (Å²) in [5.41, 5.74) is 11.8. The van der Waals surface area contributed by atoms with Crippen LogP contribution in [0.1, 0.15) is 0 Å². The SMILES string of the molecule is c1ccc(-c2cccc(-c3ccc4cc(-c5nc(-c6cc(-c7ccc8ccccc8c7)c7ccccc7c6)nc(-c6cccc7nc(-c8ccccc8)sc67)n5)ccc4c3)c2)cc1. The normalized spacial score (nSPS) is 11.5. The quantitative estimate of drug-likeness (QED) is 0.161. The molecule has 0 aliphatic rings. The van der Waals surface area contributed by atoms with Crippen molar-refractivity contribution in [1.29, 1.82) is 0 Å². The summed E-state index contributed by atoms with van der Waals surface area (Å²) in [7, 11) is 0. The average molecular weight is 821 g/mol. The lowest BCUT2D eigenvalue weighted by Gasteiger charge is -2.13. The second kappa shape index (κ2) is 15.4. The van der Waals surface area contributed by atoms with Crippen molar-refractivity contribution in [1.82, 2.24) is 19.9 Å². The van der Waals surface area contributed by atoms with Gasteiger partial charge < -0.3 is 0 Å². The fourth-order valence-electron chi connectivity index (χ4n) is 8.69. The van der Waals surface area contributed by atoms with Gasteiger partial charge in [0.25, 0.3) is 0 Å². The van der Waals surface area contributed by atoms with Crippen molar-refractivity contribution in [3.05, 3.63) is 218 Å². The number of fused-ring (bicyclic) bond motifs is 4. The summed E-state index contributed by atoms with van der Waals surface area (Å²) in [5.74, 6) is 1.83. The maximum Gasteiger partial charge on any atom is 0.165 e. The zero-order chi connectivity index (χ0) is 41.7. The maximum atomic E-state index is 5.32. The van der Waals surface area contributed by atoms with Crippen molar-refractivity contribution in [2.45, 2.75) is 0 Å². The Kier molecular flexibility index (Phi) is 8.98. The number of hydrogen-bond acceptors (Lipinski definition) is 5. The van der Waals surface area contributed by atoms with E-state index >= 15 is 0 Å². The van der Waals surface area contributed by atoms with Crippen molar-refractivity contribution in [3.63, 3.8) is 0 Å². The second-order valence-electron chi connectivity index (χ2n) is 15.9. The lowest BCUT2D eigenvalue weighted by molar-refractivity contribution is 1.08. The van der Waals surface area contributed by atoms with Crippen molar-refractivity contribution in [2.75, 3.05) is 0 Å². The zero-order valence-electron chi connectivity index (χ0n) is 34.0. The summed E-state index contributed by atoms with van der Waals surface area (Å²) in [6, 6.07) is 77.3. The van der Waals surface area contributed by atoms with E-state index in [4.69, 9.17) is 19.9 Å². The van der Waals surface area contributed by atoms with Gasteiger partial charge in [-0.25, -0.2) is 19.9 Å². The Bertz CT molecular complexity index is 3690. The molecule has 0 atom stereocenters. The monoisotopic (exact) mass is 820 g/mol. The molecule has 4 nitrogen and oxygen atoms in total. The van der Waals surface area contributed by atoms with Crippen molar-refractivity contribution in [3.8, 4) is 78.1 Å². The molecule has 0 spiro atoms. The second-order valence-corrected chi connectivity index (χ2v) is 16.9. The van der Waals surface area contributed by atoms with E-state index in [0.717, 1.165) is 64.8 Å². The summed E-state index contributed by atoms with van der Waals surface area (Å²) < 4.78 is 1.04. The average Bonchev–Trinajstić information content (AvgIpc) is 3.81. The maximum absolute atomic E-state index is 5.32. The van der Waals surface area contributed by atoms with Crippen LogP contribution in [0.5, 0.6) is 0 Å². The smallest absolute Gasteiger partial charge is 0.165 e. The predicted octanol–water partition coefficient (Wildman–Crippen LogP) is 15.6. The minimum atomic E-state index is 0.609. The van der Waals surface area contributed by atoms with Gasteiger partial charge in [0, 0.05) is 22.3 Å². The van der Waals surface area contributed by atoms with Gasteiger partial charge >= 0.3 is 0 Å². The molecule has 0 amide bonds. The molecule has 12 aromatic rings. The summed E-state index contributed by atoms with van der Waals surface area (Å²) in [6.07, 6.45) is 0. The fraction of sp³-hybridized carbons (Fsp3) is 0. The molecule has 0 unspecified atom stereocenters. The van der Waals surface area contributed by atoms with Crippen LogP contribution in [-0.4, -0.2) is 19.9 Å². The molecule has 0 N–H and O–H groups in total. The minimum Gasteiger partial charge on any atom is -0.236 e. The van der Waals surface area contributed by atoms with E-state index in [-0.39, 0.29) is 0 Å². The van der Waals surface area contributed by atoms with Gasteiger partial charge in [-0.3, -0.25) is 0 Å². The molecule has 2 heterocycles. The Hall–Kier alpha value is -8.12. The molecule has 0 saturated carbocycles. The molecule has 294 valence electrons. The Balaban J connectivity index is 1.02. The van der Waals surface area contributed by atoms with Crippen LogP contribution >= 0.6 is 11.3 Å². The first-order valence-corrected chi connectivity index (χ1v) is 21.9. The van der Waals surface area contributed by atoms with Crippen LogP contribution in [0.2, 0.25) is 0 Å². The summed E-state index contributed by atoms with van der Waals surface area (Å²) in [5, 5.41) is 7.93. The van der Waals surface area contributed by atoms with E-state index in [1.165, 1.54) is 38.4 Å². The van der Waals surface area contributed by atoms with Crippen molar-refractivity contribution < 1.29 is 0 Å². The van der Waals surface area contributed by atoms with Gasteiger partial charge in [0.1, 0.15) is 5.01 Å². The third-order valence-electron chi connectivity index (χ3n) is 11.9. The third kappa shape index (κ3) is 6.91. The molecule has 0 bridgehead atoms. The molecule has 12 rings (SSSR count). The molecule has 0 saturated heterocycles. The molecule has 0 aliphatic carbocycles. The summed E-state index contributed by atoms with van der Waals surface area (Å²) in [4.78, 5) is 21.0. The molecule has 2 aromatic heterocycles. The number of thiazole rings is 1. The molecular weight excluding hydrogens is 785 g/mol. The molecular formula is C58H36N4S. The van der Waals surface area contributed by atoms with Gasteiger partial charge in [0.15, 0.2) is 17.5 Å². The van der Waals surface area contributed by atoms with Gasteiger partial charge in [-0.15, -0.1) is 11.3 Å². The standard InChI is InChI=1S/C58H36N4S/c1-3-13-37(14-4-1)41-20-11-21-42(31-41)43-26-27-45-34-48(30-28-44(45)32-43)55-60-56(62-57(61-55)51-23-12-24-53-54(51)63-58(59-53)39-16-5-2-6-17-39)49-35-46-19-9-10-22-50(46)52(36-49)47-29-25-38-15-7-8-18-40(38)33-47/h1-36H. The van der Waals surface area contributed by atoms with Crippen molar-refractivity contribution >= 4 is 53.9 Å². The zero-order valence-corrected chi connectivity index (χ0v) is 34.8. The van der Waals surface area contributed by atoms with E-state index in [2.05, 4.69) is 206 Å². The Morgan fingerprint density at radius 3 is 1.60 bits per heavy atom. The highest BCUT2D eigenvalue weighted by Gasteiger charge is 2.19. The van der Waals surface area contributed by atoms with Gasteiger partial charge in [-0.2, -0.15) is 0 Å². The highest BCUT2D eigenvalue weighted by molar-refractivity contribution is 7.22. The highest BCUT2D eigenvalue weighted by atomic mass is 32.1. The first kappa shape index (κ1) is 36.7. The van der Waals surface area contributed by atoms with Gasteiger partial charge in [-0.1, -0.05) is 170 Å². The van der Waals surface area contributed by atoms with Crippen LogP contribution < -0.4 is 0 Å². The predicted molar refractivity (Wildman–Crippen MR) is 264 cm³/mol. The Labute approximate surface area is 368 Å². The van der Waals surface area contributed by atoms with Crippen LogP contribution in [0.4, 0.5) is 0 Å². The van der Waals surface area contributed by atoms with E-state index in [1.54, 1.807) is 11.3 Å². The van der Waals surface area contributed by atoms with Crippen LogP contribution in [0.15, 0.2) is 218 Å². The summed E-state index contributed by atoms with van der Waals surface area (Å²) >= 11 is 1.67. The molecule has 0 aliphatic heterocycles. The largest absolute Gasteiger partial charge is 0.236 e. The number of nitrogens with zero attached hydrogens (tertiary/aromatic N) is 4. The Morgan fingerprint density at radius 2 is 0.794 bits per heavy atom.